The SMILES string of the molecule is CN(C)CCN(CCCOc1ccc(C(=O)O)cc1)C1CCS(=O)(=O)C1. The van der Waals surface area contributed by atoms with Crippen LogP contribution in [0.2, 0.25) is 0 Å². The molecule has 1 N–H and O–H groups in total. The molecule has 8 heteroatoms. The fourth-order valence-electron chi connectivity index (χ4n) is 3.02. The molecule has 1 aliphatic rings. The Labute approximate surface area is 155 Å². The van der Waals surface area contributed by atoms with E-state index in [1.54, 1.807) is 12.1 Å². The molecule has 0 radical (unpaired) electrons. The number of carbonyl (C=O) groups is 1. The number of carboxylic acids is 1. The number of hydrogen-bond donors (Lipinski definition) is 1. The lowest BCUT2D eigenvalue weighted by Gasteiger charge is -2.29. The minimum atomic E-state index is -2.90. The molecule has 1 aliphatic heterocycles. The predicted octanol–water partition coefficient (Wildman–Crippen LogP) is 1.20. The molecule has 0 spiro atoms. The van der Waals surface area contributed by atoms with Crippen molar-refractivity contribution in [2.75, 3.05) is 51.8 Å². The first-order chi connectivity index (χ1) is 12.3. The monoisotopic (exact) mass is 384 g/mol. The van der Waals surface area contributed by atoms with Crippen LogP contribution in [-0.2, 0) is 9.84 Å². The highest BCUT2D eigenvalue weighted by Crippen LogP contribution is 2.18. The average molecular weight is 384 g/mol. The summed E-state index contributed by atoms with van der Waals surface area (Å²) in [7, 11) is 1.12. The summed E-state index contributed by atoms with van der Waals surface area (Å²) in [5, 5.41) is 8.89. The van der Waals surface area contributed by atoms with Crippen molar-refractivity contribution < 1.29 is 23.1 Å². The van der Waals surface area contributed by atoms with Gasteiger partial charge in [0, 0.05) is 25.7 Å². The summed E-state index contributed by atoms with van der Waals surface area (Å²) < 4.78 is 29.2. The first-order valence-electron chi connectivity index (χ1n) is 8.82. The molecular weight excluding hydrogens is 356 g/mol. The van der Waals surface area contributed by atoms with E-state index in [0.717, 1.165) is 26.1 Å². The summed E-state index contributed by atoms with van der Waals surface area (Å²) in [6, 6.07) is 6.43. The van der Waals surface area contributed by atoms with Gasteiger partial charge in [-0.1, -0.05) is 0 Å². The van der Waals surface area contributed by atoms with Crippen molar-refractivity contribution in [3.8, 4) is 5.75 Å². The third-order valence-corrected chi connectivity index (χ3v) is 6.27. The zero-order chi connectivity index (χ0) is 19.2. The zero-order valence-corrected chi connectivity index (χ0v) is 16.2. The fraction of sp³-hybridized carbons (Fsp3) is 0.611. The predicted molar refractivity (Wildman–Crippen MR) is 101 cm³/mol. The summed E-state index contributed by atoms with van der Waals surface area (Å²) in [5.74, 6) is 0.207. The molecule has 2 rings (SSSR count). The molecule has 1 aromatic carbocycles. The van der Waals surface area contributed by atoms with Crippen molar-refractivity contribution in [3.63, 3.8) is 0 Å². The molecule has 146 valence electrons. The lowest BCUT2D eigenvalue weighted by atomic mass is 10.2. The third kappa shape index (κ3) is 6.59. The number of aromatic carboxylic acids is 1. The van der Waals surface area contributed by atoms with Crippen LogP contribution in [-0.4, -0.2) is 87.2 Å². The molecule has 0 aromatic heterocycles. The maximum atomic E-state index is 11.8. The Morgan fingerprint density at radius 2 is 1.88 bits per heavy atom. The topological polar surface area (TPSA) is 87.2 Å². The highest BCUT2D eigenvalue weighted by molar-refractivity contribution is 7.91. The number of hydrogen-bond acceptors (Lipinski definition) is 6. The molecule has 0 amide bonds. The van der Waals surface area contributed by atoms with Crippen molar-refractivity contribution in [1.29, 1.82) is 0 Å². The van der Waals surface area contributed by atoms with Gasteiger partial charge in [-0.05, 0) is 51.2 Å². The molecule has 0 saturated carbocycles. The average Bonchev–Trinajstić information content (AvgIpc) is 2.94. The van der Waals surface area contributed by atoms with Gasteiger partial charge >= 0.3 is 5.97 Å². The quantitative estimate of drug-likeness (QED) is 0.607. The van der Waals surface area contributed by atoms with Gasteiger partial charge in [0.15, 0.2) is 9.84 Å². The van der Waals surface area contributed by atoms with Crippen molar-refractivity contribution in [2.24, 2.45) is 0 Å². The molecule has 1 aromatic rings. The van der Waals surface area contributed by atoms with Gasteiger partial charge in [-0.3, -0.25) is 4.90 Å². The molecule has 1 saturated heterocycles. The number of likely N-dealkylation sites (N-methyl/N-ethyl adjacent to an activating group) is 1. The van der Waals surface area contributed by atoms with Gasteiger partial charge in [0.05, 0.1) is 23.7 Å². The van der Waals surface area contributed by atoms with E-state index in [2.05, 4.69) is 9.80 Å². The lowest BCUT2D eigenvalue weighted by molar-refractivity contribution is 0.0697. The van der Waals surface area contributed by atoms with Gasteiger partial charge < -0.3 is 14.7 Å². The van der Waals surface area contributed by atoms with Crippen LogP contribution < -0.4 is 4.74 Å². The molecule has 1 atom stereocenters. The van der Waals surface area contributed by atoms with E-state index in [0.29, 0.717) is 18.8 Å². The Balaban J connectivity index is 1.81. The maximum absolute atomic E-state index is 11.8. The van der Waals surface area contributed by atoms with E-state index < -0.39 is 15.8 Å². The second kappa shape index (κ2) is 9.34. The lowest BCUT2D eigenvalue weighted by Crippen LogP contribution is -2.41. The van der Waals surface area contributed by atoms with Crippen molar-refractivity contribution in [2.45, 2.75) is 18.9 Å². The van der Waals surface area contributed by atoms with Crippen LogP contribution in [0.3, 0.4) is 0 Å². The summed E-state index contributed by atoms with van der Waals surface area (Å²) in [6.07, 6.45) is 1.48. The van der Waals surface area contributed by atoms with E-state index >= 15 is 0 Å². The first kappa shape index (κ1) is 20.7. The molecule has 1 unspecified atom stereocenters. The Hall–Kier alpha value is -1.64. The van der Waals surface area contributed by atoms with Crippen LogP contribution in [0.1, 0.15) is 23.2 Å². The van der Waals surface area contributed by atoms with Gasteiger partial charge in [0.2, 0.25) is 0 Å². The Morgan fingerprint density at radius 1 is 1.19 bits per heavy atom. The van der Waals surface area contributed by atoms with Crippen molar-refractivity contribution in [3.05, 3.63) is 29.8 Å². The van der Waals surface area contributed by atoms with Crippen molar-refractivity contribution in [1.82, 2.24) is 9.80 Å². The van der Waals surface area contributed by atoms with Crippen LogP contribution in [0.25, 0.3) is 0 Å². The van der Waals surface area contributed by atoms with Gasteiger partial charge in [0.1, 0.15) is 5.75 Å². The number of ether oxygens (including phenoxy) is 1. The van der Waals surface area contributed by atoms with E-state index in [4.69, 9.17) is 9.84 Å². The molecular formula is C18H28N2O5S. The molecule has 0 bridgehead atoms. The van der Waals surface area contributed by atoms with E-state index in [1.807, 2.05) is 14.1 Å². The van der Waals surface area contributed by atoms with Gasteiger partial charge in [-0.2, -0.15) is 0 Å². The second-order valence-corrected chi connectivity index (χ2v) is 9.16. The fourth-order valence-corrected chi connectivity index (χ4v) is 4.78. The minimum Gasteiger partial charge on any atom is -0.494 e. The number of carboxylic acid groups (broad SMARTS) is 1. The van der Waals surface area contributed by atoms with Crippen LogP contribution in [0, 0.1) is 0 Å². The highest BCUT2D eigenvalue weighted by atomic mass is 32.2. The minimum absolute atomic E-state index is 0.0924. The van der Waals surface area contributed by atoms with Crippen LogP contribution >= 0.6 is 0 Å². The van der Waals surface area contributed by atoms with E-state index in [-0.39, 0.29) is 23.1 Å². The Kier molecular flexibility index (Phi) is 7.43. The molecule has 1 heterocycles. The Morgan fingerprint density at radius 3 is 2.42 bits per heavy atom. The number of nitrogens with zero attached hydrogens (tertiary/aromatic N) is 2. The maximum Gasteiger partial charge on any atom is 0.335 e. The number of rotatable bonds is 10. The zero-order valence-electron chi connectivity index (χ0n) is 15.4. The van der Waals surface area contributed by atoms with Gasteiger partial charge in [0.25, 0.3) is 0 Å². The van der Waals surface area contributed by atoms with Crippen molar-refractivity contribution >= 4 is 15.8 Å². The molecule has 26 heavy (non-hydrogen) atoms. The summed E-state index contributed by atoms with van der Waals surface area (Å²) in [5.41, 5.74) is 0.231. The first-order valence-corrected chi connectivity index (χ1v) is 10.6. The number of sulfone groups is 1. The summed E-state index contributed by atoms with van der Waals surface area (Å²) in [4.78, 5) is 15.2. The smallest absolute Gasteiger partial charge is 0.335 e. The highest BCUT2D eigenvalue weighted by Gasteiger charge is 2.31. The second-order valence-electron chi connectivity index (χ2n) is 6.93. The summed E-state index contributed by atoms with van der Waals surface area (Å²) in [6.45, 7) is 3.00. The molecule has 1 fully saturated rings. The van der Waals surface area contributed by atoms with Gasteiger partial charge in [-0.15, -0.1) is 0 Å². The third-order valence-electron chi connectivity index (χ3n) is 4.52. The molecule has 7 nitrogen and oxygen atoms in total. The normalized spacial score (nSPS) is 19.2. The molecule has 0 aliphatic carbocycles. The van der Waals surface area contributed by atoms with E-state index in [1.165, 1.54) is 12.1 Å². The van der Waals surface area contributed by atoms with Crippen LogP contribution in [0.4, 0.5) is 0 Å². The Bertz CT molecular complexity index is 688. The van der Waals surface area contributed by atoms with E-state index in [9.17, 15) is 13.2 Å². The van der Waals surface area contributed by atoms with Crippen LogP contribution in [0.5, 0.6) is 5.75 Å². The van der Waals surface area contributed by atoms with Gasteiger partial charge in [-0.25, -0.2) is 13.2 Å². The number of benzene rings is 1. The van der Waals surface area contributed by atoms with Crippen LogP contribution in [0.15, 0.2) is 24.3 Å². The summed E-state index contributed by atoms with van der Waals surface area (Å²) >= 11 is 0. The largest absolute Gasteiger partial charge is 0.494 e. The standard InChI is InChI=1S/C18H28N2O5S/c1-19(2)10-11-20(16-8-13-26(23,24)14-16)9-3-12-25-17-6-4-15(5-7-17)18(21)22/h4-7,16H,3,8-14H2,1-2H3,(H,21,22).